The lowest BCUT2D eigenvalue weighted by Gasteiger charge is -2.36. The molecular formula is C11H13N3O5. The van der Waals surface area contributed by atoms with Gasteiger partial charge in [-0.1, -0.05) is 0 Å². The molecule has 1 saturated carbocycles. The summed E-state index contributed by atoms with van der Waals surface area (Å²) in [5.41, 5.74) is -2.32. The summed E-state index contributed by atoms with van der Waals surface area (Å²) in [6, 6.07) is 0.916. The van der Waals surface area contributed by atoms with Crippen molar-refractivity contribution < 1.29 is 14.8 Å². The van der Waals surface area contributed by atoms with Gasteiger partial charge in [0.05, 0.1) is 16.7 Å². The summed E-state index contributed by atoms with van der Waals surface area (Å²) in [4.78, 5) is 35.2. The minimum Gasteiger partial charge on any atom is -0.388 e. The van der Waals surface area contributed by atoms with Gasteiger partial charge in [0, 0.05) is 12.6 Å². The molecule has 0 radical (unpaired) electrons. The van der Waals surface area contributed by atoms with Crippen molar-refractivity contribution in [1.29, 1.82) is 0 Å². The summed E-state index contributed by atoms with van der Waals surface area (Å²) in [5.74, 6) is -0.731. The van der Waals surface area contributed by atoms with Crippen molar-refractivity contribution in [1.82, 2.24) is 10.3 Å². The van der Waals surface area contributed by atoms with E-state index in [9.17, 15) is 24.8 Å². The standard InChI is InChI=1S/C11H13N3O5/c15-9-8(4-7(5-12-9)14(18)19)10(16)13-6-11(17)2-1-3-11/h4-5,17H,1-3,6H2,(H,12,15)(H,13,16). The van der Waals surface area contributed by atoms with Crippen molar-refractivity contribution in [3.8, 4) is 0 Å². The van der Waals surface area contributed by atoms with Crippen molar-refractivity contribution in [3.05, 3.63) is 38.3 Å². The largest absolute Gasteiger partial charge is 0.388 e. The summed E-state index contributed by atoms with van der Waals surface area (Å²) in [7, 11) is 0. The quantitative estimate of drug-likeness (QED) is 0.520. The average molecular weight is 267 g/mol. The lowest BCUT2D eigenvalue weighted by Crippen LogP contribution is -2.48. The molecule has 0 atom stereocenters. The zero-order valence-electron chi connectivity index (χ0n) is 10.0. The molecule has 1 fully saturated rings. The maximum Gasteiger partial charge on any atom is 0.286 e. The van der Waals surface area contributed by atoms with Crippen LogP contribution >= 0.6 is 0 Å². The number of H-pyrrole nitrogens is 1. The predicted octanol–water partition coefficient (Wildman–Crippen LogP) is -0.0721. The minimum atomic E-state index is -0.914. The molecule has 1 aromatic heterocycles. The number of nitrogens with one attached hydrogen (secondary N) is 2. The van der Waals surface area contributed by atoms with Crippen LogP contribution in [0.1, 0.15) is 29.6 Å². The summed E-state index contributed by atoms with van der Waals surface area (Å²) in [5, 5.41) is 22.8. The van der Waals surface area contributed by atoms with Gasteiger partial charge >= 0.3 is 0 Å². The van der Waals surface area contributed by atoms with Crippen molar-refractivity contribution >= 4 is 11.6 Å². The maximum absolute atomic E-state index is 11.8. The number of nitro groups is 1. The van der Waals surface area contributed by atoms with Crippen LogP contribution in [0.3, 0.4) is 0 Å². The molecule has 1 aromatic rings. The van der Waals surface area contributed by atoms with E-state index in [0.717, 1.165) is 18.7 Å². The minimum absolute atomic E-state index is 0.0357. The van der Waals surface area contributed by atoms with Gasteiger partial charge in [-0.25, -0.2) is 0 Å². The number of rotatable bonds is 4. The number of hydrogen-bond donors (Lipinski definition) is 3. The molecule has 0 spiro atoms. The van der Waals surface area contributed by atoms with E-state index in [-0.39, 0.29) is 17.8 Å². The molecule has 102 valence electrons. The third kappa shape index (κ3) is 2.79. The number of hydrogen-bond acceptors (Lipinski definition) is 5. The van der Waals surface area contributed by atoms with E-state index >= 15 is 0 Å². The van der Waals surface area contributed by atoms with Crippen LogP contribution in [0.5, 0.6) is 0 Å². The van der Waals surface area contributed by atoms with Crippen molar-refractivity contribution in [2.75, 3.05) is 6.54 Å². The van der Waals surface area contributed by atoms with E-state index in [2.05, 4.69) is 10.3 Å². The number of aromatic nitrogens is 1. The number of carbonyl (C=O) groups is 1. The van der Waals surface area contributed by atoms with E-state index in [1.54, 1.807) is 0 Å². The van der Waals surface area contributed by atoms with Crippen LogP contribution in [0.25, 0.3) is 0 Å². The molecule has 0 saturated heterocycles. The third-order valence-electron chi connectivity index (χ3n) is 3.21. The van der Waals surface area contributed by atoms with E-state index in [0.29, 0.717) is 12.8 Å². The van der Waals surface area contributed by atoms with Gasteiger partial charge in [-0.05, 0) is 19.3 Å². The SMILES string of the molecule is O=C(NCC1(O)CCC1)c1cc([N+](=O)[O-])c[nH]c1=O. The van der Waals surface area contributed by atoms with Crippen molar-refractivity contribution in [3.63, 3.8) is 0 Å². The highest BCUT2D eigenvalue weighted by molar-refractivity contribution is 5.94. The molecule has 1 amide bonds. The van der Waals surface area contributed by atoms with Crippen LogP contribution in [0.15, 0.2) is 17.1 Å². The van der Waals surface area contributed by atoms with Crippen LogP contribution < -0.4 is 10.9 Å². The smallest absolute Gasteiger partial charge is 0.286 e. The predicted molar refractivity (Wildman–Crippen MR) is 64.9 cm³/mol. The van der Waals surface area contributed by atoms with Gasteiger partial charge in [0.15, 0.2) is 0 Å². The van der Waals surface area contributed by atoms with Gasteiger partial charge < -0.3 is 15.4 Å². The third-order valence-corrected chi connectivity index (χ3v) is 3.21. The topological polar surface area (TPSA) is 125 Å². The molecule has 1 heterocycles. The molecule has 0 aliphatic heterocycles. The number of nitrogens with zero attached hydrogens (tertiary/aromatic N) is 1. The summed E-state index contributed by atoms with van der Waals surface area (Å²) < 4.78 is 0. The van der Waals surface area contributed by atoms with Crippen LogP contribution in [-0.4, -0.2) is 33.1 Å². The number of carbonyl (C=O) groups excluding carboxylic acids is 1. The Kier molecular flexibility index (Phi) is 3.34. The maximum atomic E-state index is 11.8. The Hall–Kier alpha value is -2.22. The Morgan fingerprint density at radius 3 is 2.79 bits per heavy atom. The first kappa shape index (κ1) is 13.2. The van der Waals surface area contributed by atoms with Gasteiger partial charge in [-0.2, -0.15) is 0 Å². The molecule has 3 N–H and O–H groups in total. The molecular weight excluding hydrogens is 254 g/mol. The fourth-order valence-electron chi connectivity index (χ4n) is 1.85. The Morgan fingerprint density at radius 2 is 2.26 bits per heavy atom. The average Bonchev–Trinajstić information content (AvgIpc) is 2.34. The molecule has 0 aromatic carbocycles. The van der Waals surface area contributed by atoms with Crippen molar-refractivity contribution in [2.45, 2.75) is 24.9 Å². The Morgan fingerprint density at radius 1 is 1.58 bits per heavy atom. The van der Waals surface area contributed by atoms with E-state index < -0.39 is 22.0 Å². The fraction of sp³-hybridized carbons (Fsp3) is 0.455. The first-order chi connectivity index (χ1) is 8.91. The van der Waals surface area contributed by atoms with E-state index in [4.69, 9.17) is 0 Å². The zero-order valence-corrected chi connectivity index (χ0v) is 10.0. The van der Waals surface area contributed by atoms with Gasteiger partial charge in [-0.15, -0.1) is 0 Å². The summed E-state index contributed by atoms with van der Waals surface area (Å²) in [6.07, 6.45) is 3.01. The summed E-state index contributed by atoms with van der Waals surface area (Å²) in [6.45, 7) is 0.0357. The molecule has 1 aliphatic rings. The van der Waals surface area contributed by atoms with E-state index in [1.807, 2.05) is 0 Å². The monoisotopic (exact) mass is 267 g/mol. The van der Waals surface area contributed by atoms with Gasteiger partial charge in [0.1, 0.15) is 5.56 Å². The highest BCUT2D eigenvalue weighted by Crippen LogP contribution is 2.30. The molecule has 1 aliphatic carbocycles. The van der Waals surface area contributed by atoms with Crippen LogP contribution in [0.2, 0.25) is 0 Å². The number of pyridine rings is 1. The number of aromatic amines is 1. The normalized spacial score (nSPS) is 16.5. The summed E-state index contributed by atoms with van der Waals surface area (Å²) >= 11 is 0. The number of aliphatic hydroxyl groups is 1. The second-order valence-corrected chi connectivity index (χ2v) is 4.62. The number of amides is 1. The Labute approximate surface area is 107 Å². The molecule has 19 heavy (non-hydrogen) atoms. The molecule has 2 rings (SSSR count). The van der Waals surface area contributed by atoms with Crippen LogP contribution in [0.4, 0.5) is 5.69 Å². The van der Waals surface area contributed by atoms with Crippen LogP contribution in [-0.2, 0) is 0 Å². The first-order valence-corrected chi connectivity index (χ1v) is 5.79. The highest BCUT2D eigenvalue weighted by atomic mass is 16.6. The molecule has 0 unspecified atom stereocenters. The van der Waals surface area contributed by atoms with Gasteiger partial charge in [0.2, 0.25) is 0 Å². The first-order valence-electron chi connectivity index (χ1n) is 5.79. The van der Waals surface area contributed by atoms with Gasteiger partial charge in [-0.3, -0.25) is 19.7 Å². The Bertz CT molecular complexity index is 576. The molecule has 0 bridgehead atoms. The lowest BCUT2D eigenvalue weighted by atomic mass is 9.80. The zero-order chi connectivity index (χ0) is 14.0. The second-order valence-electron chi connectivity index (χ2n) is 4.62. The van der Waals surface area contributed by atoms with Gasteiger partial charge in [0.25, 0.3) is 17.2 Å². The Balaban J connectivity index is 2.12. The molecule has 8 heteroatoms. The van der Waals surface area contributed by atoms with Crippen LogP contribution in [0, 0.1) is 10.1 Å². The van der Waals surface area contributed by atoms with E-state index in [1.165, 1.54) is 0 Å². The second kappa shape index (κ2) is 4.81. The molecule has 8 nitrogen and oxygen atoms in total. The fourth-order valence-corrected chi connectivity index (χ4v) is 1.85. The lowest BCUT2D eigenvalue weighted by molar-refractivity contribution is -0.385. The van der Waals surface area contributed by atoms with Crippen molar-refractivity contribution in [2.24, 2.45) is 0 Å². The highest BCUT2D eigenvalue weighted by Gasteiger charge is 2.34.